The lowest BCUT2D eigenvalue weighted by Gasteiger charge is -2.39. The van der Waals surface area contributed by atoms with Gasteiger partial charge in [-0.1, -0.05) is 18.2 Å². The van der Waals surface area contributed by atoms with Crippen molar-refractivity contribution in [3.05, 3.63) is 86.8 Å². The topological polar surface area (TPSA) is 72.3 Å². The van der Waals surface area contributed by atoms with Crippen LogP contribution in [0.3, 0.4) is 0 Å². The molecule has 6 rings (SSSR count). The maximum atomic E-state index is 13.8. The van der Waals surface area contributed by atoms with Gasteiger partial charge in [0.25, 0.3) is 5.56 Å². The number of benzene rings is 2. The lowest BCUT2D eigenvalue weighted by atomic mass is 9.97. The molecule has 0 saturated carbocycles. The van der Waals surface area contributed by atoms with E-state index in [1.54, 1.807) is 18.7 Å². The quantitative estimate of drug-likeness (QED) is 0.376. The number of aryl methyl sites for hydroxylation is 2. The van der Waals surface area contributed by atoms with Crippen LogP contribution < -0.4 is 16.0 Å². The van der Waals surface area contributed by atoms with E-state index >= 15 is 0 Å². The summed E-state index contributed by atoms with van der Waals surface area (Å²) in [6.07, 6.45) is 1.62. The summed E-state index contributed by atoms with van der Waals surface area (Å²) < 4.78 is 19.1. The van der Waals surface area contributed by atoms with Gasteiger partial charge in [-0.15, -0.1) is 0 Å². The molecule has 0 N–H and O–H groups in total. The van der Waals surface area contributed by atoms with Gasteiger partial charge in [-0.25, -0.2) is 4.79 Å². The van der Waals surface area contributed by atoms with E-state index in [1.165, 1.54) is 11.6 Å². The van der Waals surface area contributed by atoms with Crippen molar-refractivity contribution in [1.82, 2.24) is 18.3 Å². The van der Waals surface area contributed by atoms with E-state index in [0.29, 0.717) is 17.5 Å². The molecule has 1 unspecified atom stereocenters. The minimum absolute atomic E-state index is 0.321. The van der Waals surface area contributed by atoms with Crippen LogP contribution in [0.1, 0.15) is 31.2 Å². The third-order valence-corrected chi connectivity index (χ3v) is 7.64. The molecule has 0 saturated heterocycles. The van der Waals surface area contributed by atoms with Crippen LogP contribution >= 0.6 is 0 Å². The summed E-state index contributed by atoms with van der Waals surface area (Å²) in [5.41, 5.74) is 3.99. The van der Waals surface area contributed by atoms with E-state index in [2.05, 4.69) is 41.3 Å². The number of para-hydroxylation sites is 1. The first-order valence-corrected chi connectivity index (χ1v) is 12.3. The summed E-state index contributed by atoms with van der Waals surface area (Å²) >= 11 is 0. The SMILES string of the molecule is COc1ccc(-c2c3c(=O)n(C)c(=O)n(C)c3c3n2C(C)(C)COC3c2cn(C)c3ccccc23)cc1. The highest BCUT2D eigenvalue weighted by Gasteiger charge is 2.41. The van der Waals surface area contributed by atoms with Crippen molar-refractivity contribution in [2.75, 3.05) is 13.7 Å². The Bertz CT molecular complexity index is 1820. The molecular weight excluding hydrogens is 468 g/mol. The Kier molecular flexibility index (Phi) is 5.04. The van der Waals surface area contributed by atoms with Crippen LogP contribution in [-0.2, 0) is 31.4 Å². The van der Waals surface area contributed by atoms with E-state index in [4.69, 9.17) is 9.47 Å². The van der Waals surface area contributed by atoms with Gasteiger partial charge < -0.3 is 18.6 Å². The van der Waals surface area contributed by atoms with Crippen molar-refractivity contribution >= 4 is 21.8 Å². The number of nitrogens with zero attached hydrogens (tertiary/aromatic N) is 4. The molecule has 8 heteroatoms. The molecule has 0 radical (unpaired) electrons. The zero-order valence-electron chi connectivity index (χ0n) is 21.9. The summed E-state index contributed by atoms with van der Waals surface area (Å²) in [6.45, 7) is 4.64. The van der Waals surface area contributed by atoms with Gasteiger partial charge in [0, 0.05) is 43.8 Å². The van der Waals surface area contributed by atoms with Gasteiger partial charge in [0.05, 0.1) is 41.5 Å². The van der Waals surface area contributed by atoms with Crippen LogP contribution in [0.25, 0.3) is 33.1 Å². The average molecular weight is 499 g/mol. The van der Waals surface area contributed by atoms with Crippen molar-refractivity contribution in [2.45, 2.75) is 25.5 Å². The number of rotatable bonds is 3. The molecule has 1 aliphatic heterocycles. The molecule has 2 aromatic carbocycles. The molecule has 3 aromatic heterocycles. The van der Waals surface area contributed by atoms with Crippen LogP contribution in [0.4, 0.5) is 0 Å². The first kappa shape index (κ1) is 23.4. The highest BCUT2D eigenvalue weighted by atomic mass is 16.5. The largest absolute Gasteiger partial charge is 0.497 e. The van der Waals surface area contributed by atoms with Crippen LogP contribution in [-0.4, -0.2) is 32.0 Å². The molecule has 0 amide bonds. The third kappa shape index (κ3) is 3.18. The molecule has 1 atom stereocenters. The second kappa shape index (κ2) is 7.98. The number of ether oxygens (including phenoxy) is 2. The highest BCUT2D eigenvalue weighted by Crippen LogP contribution is 2.46. The Morgan fingerprint density at radius 3 is 2.38 bits per heavy atom. The zero-order chi connectivity index (χ0) is 26.2. The summed E-state index contributed by atoms with van der Waals surface area (Å²) in [5, 5.41) is 1.59. The van der Waals surface area contributed by atoms with E-state index in [1.807, 2.05) is 43.4 Å². The normalized spacial score (nSPS) is 16.9. The third-order valence-electron chi connectivity index (χ3n) is 7.64. The summed E-state index contributed by atoms with van der Waals surface area (Å²) in [7, 11) is 6.90. The Balaban J connectivity index is 1.80. The predicted octanol–water partition coefficient (Wildman–Crippen LogP) is 4.06. The Morgan fingerprint density at radius 1 is 0.973 bits per heavy atom. The summed E-state index contributed by atoms with van der Waals surface area (Å²) in [5.74, 6) is 0.731. The second-order valence-electron chi connectivity index (χ2n) is 10.4. The molecular formula is C29H30N4O4. The Hall–Kier alpha value is -4.04. The fourth-order valence-electron chi connectivity index (χ4n) is 5.84. The van der Waals surface area contributed by atoms with Gasteiger partial charge in [0.2, 0.25) is 0 Å². The molecule has 190 valence electrons. The lowest BCUT2D eigenvalue weighted by Crippen LogP contribution is -2.40. The molecule has 4 heterocycles. The fourth-order valence-corrected chi connectivity index (χ4v) is 5.84. The molecule has 37 heavy (non-hydrogen) atoms. The smallest absolute Gasteiger partial charge is 0.331 e. The van der Waals surface area contributed by atoms with Crippen molar-refractivity contribution in [3.8, 4) is 17.0 Å². The minimum atomic E-state index is -0.480. The average Bonchev–Trinajstić information content (AvgIpc) is 3.43. The van der Waals surface area contributed by atoms with Gasteiger partial charge in [-0.05, 0) is 49.7 Å². The van der Waals surface area contributed by atoms with E-state index in [9.17, 15) is 9.59 Å². The first-order valence-electron chi connectivity index (χ1n) is 12.3. The second-order valence-corrected chi connectivity index (χ2v) is 10.4. The fraction of sp³-hybridized carbons (Fsp3) is 0.310. The van der Waals surface area contributed by atoms with Crippen LogP contribution in [0, 0.1) is 0 Å². The van der Waals surface area contributed by atoms with Crippen molar-refractivity contribution in [1.29, 1.82) is 0 Å². The Morgan fingerprint density at radius 2 is 1.68 bits per heavy atom. The molecule has 1 aliphatic rings. The number of methoxy groups -OCH3 is 1. The van der Waals surface area contributed by atoms with Crippen LogP contribution in [0.2, 0.25) is 0 Å². The number of fused-ring (bicyclic) bond motifs is 4. The summed E-state index contributed by atoms with van der Waals surface area (Å²) in [6, 6.07) is 15.9. The van der Waals surface area contributed by atoms with Gasteiger partial charge in [-0.3, -0.25) is 13.9 Å². The maximum Gasteiger partial charge on any atom is 0.331 e. The van der Waals surface area contributed by atoms with Gasteiger partial charge in [0.1, 0.15) is 11.9 Å². The van der Waals surface area contributed by atoms with Crippen molar-refractivity contribution in [2.24, 2.45) is 21.1 Å². The lowest BCUT2D eigenvalue weighted by molar-refractivity contribution is -0.00648. The highest BCUT2D eigenvalue weighted by molar-refractivity contribution is 5.97. The molecule has 0 aliphatic carbocycles. The van der Waals surface area contributed by atoms with Crippen molar-refractivity contribution < 1.29 is 9.47 Å². The number of hydrogen-bond donors (Lipinski definition) is 0. The Labute approximate surface area is 213 Å². The molecule has 8 nitrogen and oxygen atoms in total. The number of aromatic nitrogens is 4. The van der Waals surface area contributed by atoms with Gasteiger partial charge >= 0.3 is 5.69 Å². The molecule has 0 fully saturated rings. The number of hydrogen-bond acceptors (Lipinski definition) is 4. The van der Waals surface area contributed by atoms with E-state index < -0.39 is 11.6 Å². The maximum absolute atomic E-state index is 13.8. The van der Waals surface area contributed by atoms with E-state index in [0.717, 1.165) is 39.2 Å². The minimum Gasteiger partial charge on any atom is -0.497 e. The monoisotopic (exact) mass is 498 g/mol. The standard InChI is InChI=1S/C29H30N4O4/c1-29(2)16-37-26(20-15-30(3)21-10-8-7-9-19(20)21)25-24-22(27(34)32(5)28(35)31(24)4)23(33(25)29)17-11-13-18(36-6)14-12-17/h7-15,26H,16H2,1-6H3. The molecule has 0 bridgehead atoms. The van der Waals surface area contributed by atoms with Gasteiger partial charge in [0.15, 0.2) is 0 Å². The molecule has 5 aromatic rings. The zero-order valence-corrected chi connectivity index (χ0v) is 21.9. The van der Waals surface area contributed by atoms with Crippen LogP contribution in [0.5, 0.6) is 5.75 Å². The van der Waals surface area contributed by atoms with Crippen LogP contribution in [0.15, 0.2) is 64.3 Å². The van der Waals surface area contributed by atoms with Crippen molar-refractivity contribution in [3.63, 3.8) is 0 Å². The molecule has 0 spiro atoms. The first-order chi connectivity index (χ1) is 17.7. The predicted molar refractivity (Wildman–Crippen MR) is 144 cm³/mol. The van der Waals surface area contributed by atoms with Gasteiger partial charge in [-0.2, -0.15) is 0 Å². The summed E-state index contributed by atoms with van der Waals surface area (Å²) in [4.78, 5) is 27.0. The van der Waals surface area contributed by atoms with E-state index in [-0.39, 0.29) is 11.2 Å².